The molecular formula is C27H43NNaO2+. The van der Waals surface area contributed by atoms with Crippen LogP contribution in [0.3, 0.4) is 0 Å². The molecular weight excluding hydrogens is 393 g/mol. The summed E-state index contributed by atoms with van der Waals surface area (Å²) in [6.45, 7) is 15.5. The summed E-state index contributed by atoms with van der Waals surface area (Å²) >= 11 is 0. The van der Waals surface area contributed by atoms with Crippen LogP contribution < -0.4 is 34.3 Å². The van der Waals surface area contributed by atoms with Crippen LogP contribution in [0.15, 0.2) is 54.6 Å². The summed E-state index contributed by atoms with van der Waals surface area (Å²) in [5.41, 5.74) is 3.19. The van der Waals surface area contributed by atoms with E-state index in [0.29, 0.717) is 18.6 Å². The molecule has 168 valence electrons. The van der Waals surface area contributed by atoms with Gasteiger partial charge in [-0.15, -0.1) is 0 Å². The summed E-state index contributed by atoms with van der Waals surface area (Å²) in [4.78, 5) is 0. The molecule has 31 heavy (non-hydrogen) atoms. The minimum absolute atomic E-state index is 0. The van der Waals surface area contributed by atoms with Gasteiger partial charge in [0.2, 0.25) is 0 Å². The molecule has 4 heteroatoms. The van der Waals surface area contributed by atoms with E-state index >= 15 is 0 Å². The monoisotopic (exact) mass is 436 g/mol. The molecule has 0 aromatic heterocycles. The van der Waals surface area contributed by atoms with Crippen molar-refractivity contribution < 1.29 is 44.9 Å². The minimum Gasteiger partial charge on any atom is -1.00 e. The van der Waals surface area contributed by atoms with Crippen molar-refractivity contribution in [3.8, 4) is 5.75 Å². The van der Waals surface area contributed by atoms with Gasteiger partial charge in [0.15, 0.2) is 0 Å². The second-order valence-electron chi connectivity index (χ2n) is 10.9. The minimum atomic E-state index is 0. The van der Waals surface area contributed by atoms with E-state index in [9.17, 15) is 0 Å². The van der Waals surface area contributed by atoms with Crippen LogP contribution in [-0.4, -0.2) is 44.9 Å². The van der Waals surface area contributed by atoms with Gasteiger partial charge in [0.05, 0.1) is 27.3 Å². The number of quaternary nitrogens is 1. The van der Waals surface area contributed by atoms with Crippen molar-refractivity contribution in [3.63, 3.8) is 0 Å². The predicted molar refractivity (Wildman–Crippen MR) is 128 cm³/mol. The molecule has 0 spiro atoms. The molecule has 0 aliphatic heterocycles. The fraction of sp³-hybridized carbons (Fsp3) is 0.556. The maximum Gasteiger partial charge on any atom is 1.00 e. The van der Waals surface area contributed by atoms with Crippen LogP contribution in [0.4, 0.5) is 0 Å². The Hall–Kier alpha value is -0.840. The van der Waals surface area contributed by atoms with E-state index in [1.54, 1.807) is 0 Å². The first-order valence-electron chi connectivity index (χ1n) is 11.1. The Bertz CT molecular complexity index is 755. The molecule has 0 unspecified atom stereocenters. The molecule has 0 heterocycles. The van der Waals surface area contributed by atoms with Gasteiger partial charge in [-0.1, -0.05) is 77.1 Å². The quantitative estimate of drug-likeness (QED) is 0.306. The predicted octanol–water partition coefficient (Wildman–Crippen LogP) is 3.19. The van der Waals surface area contributed by atoms with Crippen molar-refractivity contribution >= 4 is 0 Å². The summed E-state index contributed by atoms with van der Waals surface area (Å²) in [6, 6.07) is 19.2. The molecule has 3 nitrogen and oxygen atoms in total. The number of hydrogen-bond donors (Lipinski definition) is 0. The van der Waals surface area contributed by atoms with Gasteiger partial charge in [-0.25, -0.2) is 0 Å². The van der Waals surface area contributed by atoms with Crippen LogP contribution in [0, 0.1) is 5.41 Å². The van der Waals surface area contributed by atoms with Crippen LogP contribution >= 0.6 is 0 Å². The van der Waals surface area contributed by atoms with Crippen molar-refractivity contribution in [1.29, 1.82) is 0 Å². The number of likely N-dealkylation sites (N-methyl/N-ethyl adjacent to an activating group) is 1. The topological polar surface area (TPSA) is 18.5 Å². The molecule has 0 bridgehead atoms. The van der Waals surface area contributed by atoms with Gasteiger partial charge < -0.3 is 15.4 Å². The molecule has 0 aliphatic rings. The molecule has 0 atom stereocenters. The second kappa shape index (κ2) is 12.4. The third-order valence-corrected chi connectivity index (χ3v) is 5.40. The van der Waals surface area contributed by atoms with Crippen LogP contribution in [-0.2, 0) is 16.7 Å². The maximum absolute atomic E-state index is 5.87. The fourth-order valence-corrected chi connectivity index (χ4v) is 4.22. The summed E-state index contributed by atoms with van der Waals surface area (Å²) in [6.07, 6.45) is 1.15. The molecule has 0 fully saturated rings. The molecule has 0 saturated carbocycles. The SMILES string of the molecule is CC(C)(C)CC(C)(C)c1ccc(OCCOCC[N+](C)(C)Cc2ccccc2)cc1.[H-].[Na+]. The van der Waals surface area contributed by atoms with Gasteiger partial charge in [0.1, 0.15) is 25.4 Å². The maximum atomic E-state index is 5.87. The van der Waals surface area contributed by atoms with E-state index in [-0.39, 0.29) is 36.4 Å². The molecule has 2 rings (SSSR count). The molecule has 0 aliphatic carbocycles. The van der Waals surface area contributed by atoms with Crippen molar-refractivity contribution in [3.05, 3.63) is 65.7 Å². The Balaban J connectivity index is 0.00000480. The average molecular weight is 437 g/mol. The number of ether oxygens (including phenoxy) is 2. The van der Waals surface area contributed by atoms with Crippen LogP contribution in [0.1, 0.15) is 53.6 Å². The third kappa shape index (κ3) is 11.0. The van der Waals surface area contributed by atoms with E-state index in [1.807, 2.05) is 0 Å². The second-order valence-corrected chi connectivity index (χ2v) is 10.9. The Morgan fingerprint density at radius 2 is 1.42 bits per heavy atom. The molecule has 2 aromatic carbocycles. The van der Waals surface area contributed by atoms with Crippen LogP contribution in [0.2, 0.25) is 0 Å². The Morgan fingerprint density at radius 1 is 0.806 bits per heavy atom. The van der Waals surface area contributed by atoms with E-state index in [4.69, 9.17) is 9.47 Å². The Labute approximate surface area is 214 Å². The summed E-state index contributed by atoms with van der Waals surface area (Å²) < 4.78 is 12.6. The summed E-state index contributed by atoms with van der Waals surface area (Å²) in [5.74, 6) is 0.911. The van der Waals surface area contributed by atoms with Crippen molar-refractivity contribution in [2.45, 2.75) is 53.0 Å². The Morgan fingerprint density at radius 3 is 2.00 bits per heavy atom. The summed E-state index contributed by atoms with van der Waals surface area (Å²) in [5, 5.41) is 0. The van der Waals surface area contributed by atoms with Crippen molar-refractivity contribution in [2.24, 2.45) is 5.41 Å². The van der Waals surface area contributed by atoms with E-state index in [1.165, 1.54) is 11.1 Å². The first kappa shape index (κ1) is 28.2. The zero-order valence-electron chi connectivity index (χ0n) is 22.2. The smallest absolute Gasteiger partial charge is 1.00 e. The number of benzene rings is 2. The van der Waals surface area contributed by atoms with Crippen LogP contribution in [0.25, 0.3) is 0 Å². The molecule has 0 radical (unpaired) electrons. The van der Waals surface area contributed by atoms with E-state index < -0.39 is 0 Å². The normalized spacial score (nSPS) is 12.4. The Kier molecular flexibility index (Phi) is 11.3. The van der Waals surface area contributed by atoms with Gasteiger partial charge in [-0.2, -0.15) is 0 Å². The van der Waals surface area contributed by atoms with Gasteiger partial charge in [-0.3, -0.25) is 0 Å². The van der Waals surface area contributed by atoms with E-state index in [0.717, 1.165) is 36.3 Å². The largest absolute Gasteiger partial charge is 1.00 e. The summed E-state index contributed by atoms with van der Waals surface area (Å²) in [7, 11) is 4.49. The van der Waals surface area contributed by atoms with Gasteiger partial charge in [-0.05, 0) is 34.9 Å². The number of rotatable bonds is 11. The number of nitrogens with zero attached hydrogens (tertiary/aromatic N) is 1. The van der Waals surface area contributed by atoms with Crippen molar-refractivity contribution in [1.82, 2.24) is 0 Å². The first-order chi connectivity index (χ1) is 14.0. The van der Waals surface area contributed by atoms with Crippen molar-refractivity contribution in [2.75, 3.05) is 40.5 Å². The standard InChI is InChI=1S/C27H42NO2.Na.H/c1-26(2,3)22-27(4,5)24-13-15-25(16-14-24)30-20-19-29-18-17-28(6,7)21-23-11-9-8-10-12-23;;/h8-16H,17-22H2,1-7H3;;/q2*+1;-1. The van der Waals surface area contributed by atoms with Crippen LogP contribution in [0.5, 0.6) is 5.75 Å². The van der Waals surface area contributed by atoms with Gasteiger partial charge in [0, 0.05) is 5.56 Å². The molecule has 0 saturated heterocycles. The number of hydrogen-bond acceptors (Lipinski definition) is 2. The van der Waals surface area contributed by atoms with Gasteiger partial charge in [0.25, 0.3) is 0 Å². The van der Waals surface area contributed by atoms with Gasteiger partial charge >= 0.3 is 29.6 Å². The third-order valence-electron chi connectivity index (χ3n) is 5.40. The first-order valence-corrected chi connectivity index (χ1v) is 11.1. The zero-order chi connectivity index (χ0) is 22.3. The van der Waals surface area contributed by atoms with E-state index in [2.05, 4.69) is 103 Å². The molecule has 0 amide bonds. The zero-order valence-corrected chi connectivity index (χ0v) is 23.2. The molecule has 0 N–H and O–H groups in total. The fourth-order valence-electron chi connectivity index (χ4n) is 4.22. The molecule has 2 aromatic rings. The average Bonchev–Trinajstić information content (AvgIpc) is 2.63.